The molecular weight excluding hydrogens is 668 g/mol. The number of carbonyl (C=O) groups excluding carboxylic acids is 2. The average Bonchev–Trinajstić information content (AvgIpc) is 3.69. The van der Waals surface area contributed by atoms with Gasteiger partial charge < -0.3 is 24.7 Å². The van der Waals surface area contributed by atoms with Gasteiger partial charge in [-0.25, -0.2) is 18.4 Å². The van der Waals surface area contributed by atoms with E-state index in [1.807, 2.05) is 0 Å². The van der Waals surface area contributed by atoms with E-state index < -0.39 is 64.7 Å². The number of alkyl halides is 1. The molecule has 0 aliphatic carbocycles. The summed E-state index contributed by atoms with van der Waals surface area (Å²) in [6, 6.07) is 0. The third-order valence-corrected chi connectivity index (χ3v) is 9.49. The minimum atomic E-state index is -1.41. The second kappa shape index (κ2) is 19.0. The van der Waals surface area contributed by atoms with E-state index in [2.05, 4.69) is 9.97 Å². The van der Waals surface area contributed by atoms with Crippen LogP contribution in [0.1, 0.15) is 101 Å². The Labute approximate surface area is 286 Å². The molecule has 49 heavy (non-hydrogen) atoms. The second-order valence-electron chi connectivity index (χ2n) is 12.3. The number of rotatable bonds is 19. The molecule has 17 heteroatoms. The summed E-state index contributed by atoms with van der Waals surface area (Å²) in [4.78, 5) is 65.4. The molecule has 0 radical (unpaired) electrons. The second-order valence-corrected chi connectivity index (χ2v) is 13.5. The molecule has 14 nitrogen and oxygen atoms in total. The molecule has 4 rings (SSSR count). The van der Waals surface area contributed by atoms with Crippen LogP contribution in [0.2, 0.25) is 0 Å². The summed E-state index contributed by atoms with van der Waals surface area (Å²) in [5.41, 5.74) is 3.27. The molecule has 0 saturated carbocycles. The number of carbonyl (C=O) groups is 2. The number of hydrogen-bond acceptors (Lipinski definition) is 12. The van der Waals surface area contributed by atoms with E-state index in [1.165, 1.54) is 24.9 Å². The molecule has 0 bridgehead atoms. The van der Waals surface area contributed by atoms with Crippen LogP contribution < -0.4 is 22.7 Å². The summed E-state index contributed by atoms with van der Waals surface area (Å²) in [6.07, 6.45) is 8.38. The van der Waals surface area contributed by atoms with Gasteiger partial charge in [0.15, 0.2) is 11.6 Å². The molecule has 0 spiro atoms. The lowest BCUT2D eigenvalue weighted by atomic mass is 10.1. The molecule has 0 amide bonds. The Balaban J connectivity index is 0.939. The maximum Gasteiger partial charge on any atom is 0.351 e. The van der Waals surface area contributed by atoms with Gasteiger partial charge in [0.25, 0.3) is 5.56 Å². The highest BCUT2D eigenvalue weighted by atomic mass is 32.2. The van der Waals surface area contributed by atoms with Gasteiger partial charge in [0.2, 0.25) is 0 Å². The van der Waals surface area contributed by atoms with Crippen LogP contribution in [0, 0.1) is 12.7 Å². The number of hydrogen-bond donors (Lipinski definition) is 2. The maximum absolute atomic E-state index is 14.5. The number of aromatic amines is 1. The Kier molecular flexibility index (Phi) is 14.8. The van der Waals surface area contributed by atoms with Crippen LogP contribution in [0.5, 0.6) is 0 Å². The van der Waals surface area contributed by atoms with Crippen molar-refractivity contribution in [3.63, 3.8) is 0 Å². The van der Waals surface area contributed by atoms with Crippen molar-refractivity contribution >= 4 is 29.5 Å². The highest BCUT2D eigenvalue weighted by Crippen LogP contribution is 2.32. The van der Waals surface area contributed by atoms with Crippen molar-refractivity contribution < 1.29 is 37.3 Å². The number of thioether (sulfide) groups is 1. The van der Waals surface area contributed by atoms with Crippen molar-refractivity contribution in [2.45, 2.75) is 121 Å². The van der Waals surface area contributed by atoms with Gasteiger partial charge in [-0.05, 0) is 19.8 Å². The summed E-state index contributed by atoms with van der Waals surface area (Å²) in [7, 11) is 0. The minimum absolute atomic E-state index is 0.0426. The number of anilines is 1. The number of aryl methyl sites for hydroxylation is 1. The van der Waals surface area contributed by atoms with Crippen molar-refractivity contribution in [2.24, 2.45) is 0 Å². The van der Waals surface area contributed by atoms with E-state index in [-0.39, 0.29) is 32.0 Å². The first-order valence-electron chi connectivity index (χ1n) is 16.8. The highest BCUT2D eigenvalue weighted by molar-refractivity contribution is 8.00. The molecule has 4 heterocycles. The fraction of sp³-hybridized carbons (Fsp3) is 0.688. The van der Waals surface area contributed by atoms with Gasteiger partial charge in [-0.1, -0.05) is 51.4 Å². The van der Waals surface area contributed by atoms with E-state index in [0.717, 1.165) is 73.1 Å². The van der Waals surface area contributed by atoms with Crippen molar-refractivity contribution in [1.82, 2.24) is 19.1 Å². The van der Waals surface area contributed by atoms with E-state index in [9.17, 15) is 32.8 Å². The maximum atomic E-state index is 14.5. The fourth-order valence-electron chi connectivity index (χ4n) is 5.58. The molecule has 2 saturated heterocycles. The van der Waals surface area contributed by atoms with Gasteiger partial charge in [0.05, 0.1) is 6.20 Å². The van der Waals surface area contributed by atoms with Crippen molar-refractivity contribution in [2.75, 3.05) is 24.7 Å². The Morgan fingerprint density at radius 3 is 2.14 bits per heavy atom. The molecule has 2 aliphatic heterocycles. The molecule has 0 unspecified atom stereocenters. The quantitative estimate of drug-likeness (QED) is 0.159. The zero-order chi connectivity index (χ0) is 35.3. The number of esters is 2. The van der Waals surface area contributed by atoms with Crippen molar-refractivity contribution in [3.8, 4) is 0 Å². The molecule has 2 aromatic heterocycles. The molecule has 3 N–H and O–H groups in total. The third-order valence-electron chi connectivity index (χ3n) is 8.40. The molecule has 2 aromatic rings. The van der Waals surface area contributed by atoms with Gasteiger partial charge in [0.1, 0.15) is 43.4 Å². The number of nitrogens with one attached hydrogen (secondary N) is 1. The Morgan fingerprint density at radius 2 is 1.51 bits per heavy atom. The molecule has 5 atom stereocenters. The van der Waals surface area contributed by atoms with Crippen molar-refractivity contribution in [1.29, 1.82) is 0 Å². The number of H-pyrrole nitrogens is 1. The predicted octanol–water partition coefficient (Wildman–Crippen LogP) is 3.80. The van der Waals surface area contributed by atoms with Crippen LogP contribution in [-0.2, 0) is 28.5 Å². The minimum Gasteiger partial charge on any atom is -0.463 e. The first-order chi connectivity index (χ1) is 23.5. The summed E-state index contributed by atoms with van der Waals surface area (Å²) in [5, 5.41) is 0. The number of aromatic nitrogens is 4. The molecule has 272 valence electrons. The number of halogens is 2. The summed E-state index contributed by atoms with van der Waals surface area (Å²) in [5.74, 6) is -1.60. The third kappa shape index (κ3) is 11.8. The molecule has 0 aromatic carbocycles. The first kappa shape index (κ1) is 38.2. The summed E-state index contributed by atoms with van der Waals surface area (Å²) >= 11 is 1.37. The molecule has 2 fully saturated rings. The Hall–Kier alpha value is -3.57. The van der Waals surface area contributed by atoms with E-state index in [1.54, 1.807) is 0 Å². The van der Waals surface area contributed by atoms with E-state index >= 15 is 0 Å². The standard InChI is InChI=1S/C32H45F2N5O9S/c1-20-15-38(32(44)37-30(20)42)24-14-21(33)23(47-24)17-45-26(40)12-10-8-6-4-2-3-5-7-9-11-13-27(41)46-18-28-48-25(19-49-28)39-16-22(34)29(35)36-31(39)43/h15-16,21,23-25,28H,2-14,17-19H2,1H3,(H2,35,36,43)(H,37,42,44)/t21-,23+,24+,25-,28+/m0/s1. The van der Waals surface area contributed by atoms with Crippen LogP contribution >= 0.6 is 11.8 Å². The topological polar surface area (TPSA) is 187 Å². The van der Waals surface area contributed by atoms with E-state index in [0.29, 0.717) is 24.2 Å². The Morgan fingerprint density at radius 1 is 0.918 bits per heavy atom. The van der Waals surface area contributed by atoms with Crippen LogP contribution in [0.25, 0.3) is 0 Å². The van der Waals surface area contributed by atoms with Gasteiger partial charge in [-0.15, -0.1) is 11.8 Å². The number of ether oxygens (including phenoxy) is 4. The lowest BCUT2D eigenvalue weighted by Gasteiger charge is -2.16. The fourth-order valence-corrected chi connectivity index (χ4v) is 6.57. The van der Waals surface area contributed by atoms with Crippen LogP contribution in [0.3, 0.4) is 0 Å². The van der Waals surface area contributed by atoms with Crippen LogP contribution in [0.15, 0.2) is 26.8 Å². The lowest BCUT2D eigenvalue weighted by molar-refractivity contribution is -0.149. The largest absolute Gasteiger partial charge is 0.463 e. The Bertz CT molecular complexity index is 1590. The zero-order valence-electron chi connectivity index (χ0n) is 27.6. The number of nitrogen functional groups attached to an aromatic ring is 1. The molecule has 2 aliphatic rings. The van der Waals surface area contributed by atoms with Gasteiger partial charge >= 0.3 is 23.3 Å². The monoisotopic (exact) mass is 713 g/mol. The van der Waals surface area contributed by atoms with Crippen LogP contribution in [0.4, 0.5) is 14.6 Å². The lowest BCUT2D eigenvalue weighted by Crippen LogP contribution is -2.33. The van der Waals surface area contributed by atoms with E-state index in [4.69, 9.17) is 24.7 Å². The van der Waals surface area contributed by atoms with Gasteiger partial charge in [-0.2, -0.15) is 4.98 Å². The van der Waals surface area contributed by atoms with Gasteiger partial charge in [0, 0.05) is 36.8 Å². The van der Waals surface area contributed by atoms with Gasteiger partial charge in [-0.3, -0.25) is 28.5 Å². The molecular formula is C32H45F2N5O9S. The summed E-state index contributed by atoms with van der Waals surface area (Å²) in [6.45, 7) is 1.35. The normalized spacial score (nSPS) is 22.0. The number of nitrogens with zero attached hydrogens (tertiary/aromatic N) is 3. The van der Waals surface area contributed by atoms with Crippen LogP contribution in [-0.4, -0.2) is 67.7 Å². The van der Waals surface area contributed by atoms with Crippen molar-refractivity contribution in [3.05, 3.63) is 55.1 Å². The smallest absolute Gasteiger partial charge is 0.351 e. The predicted molar refractivity (Wildman–Crippen MR) is 176 cm³/mol. The zero-order valence-corrected chi connectivity index (χ0v) is 28.4. The SMILES string of the molecule is Cc1cn([C@H]2C[C@H](F)[C@@H](COC(=O)CCCCCCCCCCCCC(=O)OC[C@@H]3O[C@H](n4cc(F)c(N)nc4=O)CS3)O2)c(=O)[nH]c1=O. The number of nitrogens with two attached hydrogens (primary N) is 1. The summed E-state index contributed by atoms with van der Waals surface area (Å²) < 4.78 is 52.2. The average molecular weight is 714 g/mol. The first-order valence-corrected chi connectivity index (χ1v) is 17.8. The number of unbranched alkanes of at least 4 members (excludes halogenated alkanes) is 9. The highest BCUT2D eigenvalue weighted by Gasteiger charge is 2.38.